The van der Waals surface area contributed by atoms with Crippen LogP contribution in [0.4, 0.5) is 0 Å². The van der Waals surface area contributed by atoms with Gasteiger partial charge in [-0.1, -0.05) is 30.3 Å². The maximum atomic E-state index is 12.3. The summed E-state index contributed by atoms with van der Waals surface area (Å²) in [7, 11) is 1.85. The Morgan fingerprint density at radius 1 is 1.19 bits per heavy atom. The molecule has 136 valence electrons. The van der Waals surface area contributed by atoms with E-state index in [2.05, 4.69) is 15.2 Å². The molecule has 0 radical (unpaired) electrons. The number of aromatic nitrogens is 5. The molecule has 0 saturated carbocycles. The molecule has 0 spiro atoms. The zero-order valence-corrected chi connectivity index (χ0v) is 14.6. The fourth-order valence-electron chi connectivity index (χ4n) is 3.16. The van der Waals surface area contributed by atoms with Crippen LogP contribution >= 0.6 is 0 Å². The number of hydroxylamine groups is 1. The monoisotopic (exact) mass is 362 g/mol. The second-order valence-electron chi connectivity index (χ2n) is 6.24. The van der Waals surface area contributed by atoms with E-state index in [1.54, 1.807) is 33.4 Å². The van der Waals surface area contributed by atoms with Crippen molar-refractivity contribution >= 4 is 16.8 Å². The highest BCUT2D eigenvalue weighted by Gasteiger charge is 2.23. The van der Waals surface area contributed by atoms with Crippen LogP contribution in [0.5, 0.6) is 0 Å². The van der Waals surface area contributed by atoms with Crippen LogP contribution in [0.15, 0.2) is 61.1 Å². The Balaban J connectivity index is 1.74. The summed E-state index contributed by atoms with van der Waals surface area (Å²) in [6.45, 7) is 0. The maximum Gasteiger partial charge on any atom is 0.268 e. The third-order valence-corrected chi connectivity index (χ3v) is 4.55. The number of amides is 1. The number of hydrogen-bond acceptors (Lipinski definition) is 5. The van der Waals surface area contributed by atoms with E-state index in [-0.39, 0.29) is 0 Å². The number of pyridine rings is 1. The van der Waals surface area contributed by atoms with Gasteiger partial charge in [0.15, 0.2) is 0 Å². The summed E-state index contributed by atoms with van der Waals surface area (Å²) in [5.74, 6) is -0.528. The van der Waals surface area contributed by atoms with E-state index < -0.39 is 11.9 Å². The summed E-state index contributed by atoms with van der Waals surface area (Å²) in [6.07, 6.45) is 5.49. The fourth-order valence-corrected chi connectivity index (χ4v) is 3.16. The highest BCUT2D eigenvalue weighted by atomic mass is 16.5. The van der Waals surface area contributed by atoms with Crippen LogP contribution in [0.3, 0.4) is 0 Å². The number of nitrogens with one attached hydrogen (secondary N) is 1. The summed E-state index contributed by atoms with van der Waals surface area (Å²) in [4.78, 5) is 16.8. The molecule has 27 heavy (non-hydrogen) atoms. The number of rotatable bonds is 5. The van der Waals surface area contributed by atoms with Gasteiger partial charge in [0, 0.05) is 25.1 Å². The standard InChI is InChI=1S/C19H18N6O2/c1-24-16(7-8-21-24)15-10-14-11-22-25(18(14)12-20-15)17(19(26)23-27)9-13-5-3-2-4-6-13/h2-8,10-12,17,27H,9H2,1H3,(H,23,26). The van der Waals surface area contributed by atoms with Crippen LogP contribution in [-0.4, -0.2) is 35.7 Å². The van der Waals surface area contributed by atoms with Gasteiger partial charge in [0.2, 0.25) is 0 Å². The number of carbonyl (C=O) groups is 1. The predicted molar refractivity (Wildman–Crippen MR) is 98.8 cm³/mol. The minimum atomic E-state index is -0.695. The highest BCUT2D eigenvalue weighted by Crippen LogP contribution is 2.24. The van der Waals surface area contributed by atoms with Gasteiger partial charge in [0.05, 0.1) is 29.3 Å². The molecule has 1 aromatic carbocycles. The molecule has 4 aromatic rings. The molecule has 1 amide bonds. The third kappa shape index (κ3) is 3.18. The van der Waals surface area contributed by atoms with Crippen molar-refractivity contribution in [2.45, 2.75) is 12.5 Å². The Morgan fingerprint density at radius 2 is 2.00 bits per heavy atom. The van der Waals surface area contributed by atoms with Gasteiger partial charge >= 0.3 is 0 Å². The van der Waals surface area contributed by atoms with E-state index in [4.69, 9.17) is 0 Å². The van der Waals surface area contributed by atoms with E-state index in [1.807, 2.05) is 49.5 Å². The summed E-state index contributed by atoms with van der Waals surface area (Å²) >= 11 is 0. The minimum absolute atomic E-state index is 0.396. The SMILES string of the molecule is Cn1nccc1-c1cc2cnn(C(Cc3ccccc3)C(=O)NO)c2cn1. The fraction of sp³-hybridized carbons (Fsp3) is 0.158. The molecule has 1 unspecified atom stereocenters. The van der Waals surface area contributed by atoms with E-state index in [1.165, 1.54) is 0 Å². The molecule has 2 N–H and O–H groups in total. The molecule has 0 aliphatic heterocycles. The van der Waals surface area contributed by atoms with Crippen molar-refractivity contribution in [2.24, 2.45) is 7.05 Å². The molecule has 8 heteroatoms. The Labute approximate surface area is 155 Å². The van der Waals surface area contributed by atoms with Crippen molar-refractivity contribution < 1.29 is 10.0 Å². The van der Waals surface area contributed by atoms with Gasteiger partial charge in [-0.15, -0.1) is 0 Å². The summed E-state index contributed by atoms with van der Waals surface area (Å²) < 4.78 is 3.34. The van der Waals surface area contributed by atoms with Crippen molar-refractivity contribution in [3.8, 4) is 11.4 Å². The molecule has 3 aromatic heterocycles. The van der Waals surface area contributed by atoms with Gasteiger partial charge in [-0.05, 0) is 17.7 Å². The van der Waals surface area contributed by atoms with E-state index in [9.17, 15) is 10.0 Å². The van der Waals surface area contributed by atoms with Crippen molar-refractivity contribution in [3.63, 3.8) is 0 Å². The van der Waals surface area contributed by atoms with Crippen molar-refractivity contribution in [1.82, 2.24) is 30.0 Å². The van der Waals surface area contributed by atoms with Crippen LogP contribution in [-0.2, 0) is 18.3 Å². The summed E-state index contributed by atoms with van der Waals surface area (Å²) in [5, 5.41) is 18.6. The Kier molecular flexibility index (Phi) is 4.39. The first-order chi connectivity index (χ1) is 13.2. The lowest BCUT2D eigenvalue weighted by Gasteiger charge is -2.16. The summed E-state index contributed by atoms with van der Waals surface area (Å²) in [5.41, 5.74) is 5.09. The lowest BCUT2D eigenvalue weighted by molar-refractivity contribution is -0.132. The van der Waals surface area contributed by atoms with Crippen LogP contribution in [0.1, 0.15) is 11.6 Å². The molecular formula is C19H18N6O2. The number of benzene rings is 1. The predicted octanol–water partition coefficient (Wildman–Crippen LogP) is 2.12. The molecule has 3 heterocycles. The zero-order valence-electron chi connectivity index (χ0n) is 14.6. The second kappa shape index (κ2) is 7.00. The Hall–Kier alpha value is -3.52. The molecule has 8 nitrogen and oxygen atoms in total. The van der Waals surface area contributed by atoms with Crippen LogP contribution in [0.25, 0.3) is 22.3 Å². The summed E-state index contributed by atoms with van der Waals surface area (Å²) in [6, 6.07) is 12.7. The first kappa shape index (κ1) is 16.9. The molecule has 0 saturated heterocycles. The van der Waals surface area contributed by atoms with E-state index >= 15 is 0 Å². The molecular weight excluding hydrogens is 344 g/mol. The van der Waals surface area contributed by atoms with Gasteiger partial charge in [-0.2, -0.15) is 10.2 Å². The third-order valence-electron chi connectivity index (χ3n) is 4.55. The molecule has 0 bridgehead atoms. The van der Waals surface area contributed by atoms with Gasteiger partial charge in [0.1, 0.15) is 6.04 Å². The largest absolute Gasteiger partial charge is 0.289 e. The van der Waals surface area contributed by atoms with Gasteiger partial charge in [-0.3, -0.25) is 24.3 Å². The Bertz CT molecular complexity index is 1090. The quantitative estimate of drug-likeness (QED) is 0.419. The average molecular weight is 362 g/mol. The highest BCUT2D eigenvalue weighted by molar-refractivity contribution is 5.85. The lowest BCUT2D eigenvalue weighted by atomic mass is 10.1. The lowest BCUT2D eigenvalue weighted by Crippen LogP contribution is -2.32. The maximum absolute atomic E-state index is 12.3. The van der Waals surface area contributed by atoms with Crippen LogP contribution < -0.4 is 5.48 Å². The van der Waals surface area contributed by atoms with Crippen molar-refractivity contribution in [1.29, 1.82) is 0 Å². The number of aryl methyl sites for hydroxylation is 1. The number of fused-ring (bicyclic) bond motifs is 1. The van der Waals surface area contributed by atoms with Gasteiger partial charge in [-0.25, -0.2) is 5.48 Å². The molecule has 0 aliphatic rings. The van der Waals surface area contributed by atoms with Gasteiger partial charge in [0.25, 0.3) is 5.91 Å². The normalized spacial score (nSPS) is 12.2. The molecule has 4 rings (SSSR count). The first-order valence-corrected chi connectivity index (χ1v) is 8.47. The smallest absolute Gasteiger partial charge is 0.268 e. The molecule has 1 atom stereocenters. The minimum Gasteiger partial charge on any atom is -0.289 e. The topological polar surface area (TPSA) is 97.9 Å². The van der Waals surface area contributed by atoms with Crippen molar-refractivity contribution in [2.75, 3.05) is 0 Å². The van der Waals surface area contributed by atoms with E-state index in [0.29, 0.717) is 11.9 Å². The van der Waals surface area contributed by atoms with Crippen LogP contribution in [0.2, 0.25) is 0 Å². The number of carbonyl (C=O) groups excluding carboxylic acids is 1. The zero-order chi connectivity index (χ0) is 18.8. The molecule has 0 aliphatic carbocycles. The Morgan fingerprint density at radius 3 is 2.70 bits per heavy atom. The average Bonchev–Trinajstić information content (AvgIpc) is 3.32. The van der Waals surface area contributed by atoms with Crippen molar-refractivity contribution in [3.05, 3.63) is 66.6 Å². The first-order valence-electron chi connectivity index (χ1n) is 8.47. The van der Waals surface area contributed by atoms with Gasteiger partial charge < -0.3 is 0 Å². The number of hydrogen-bond donors (Lipinski definition) is 2. The van der Waals surface area contributed by atoms with E-state index in [0.717, 1.165) is 22.3 Å². The van der Waals surface area contributed by atoms with Crippen LogP contribution in [0, 0.1) is 0 Å². The molecule has 0 fully saturated rings. The number of nitrogens with zero attached hydrogens (tertiary/aromatic N) is 5. The second-order valence-corrected chi connectivity index (χ2v) is 6.24.